The molecule has 0 unspecified atom stereocenters. The molecule has 0 spiro atoms. The van der Waals surface area contributed by atoms with E-state index in [0.717, 1.165) is 29.5 Å². The van der Waals surface area contributed by atoms with Gasteiger partial charge in [-0.15, -0.1) is 0 Å². The molecule has 2 aromatic heterocycles. The summed E-state index contributed by atoms with van der Waals surface area (Å²) in [5.41, 5.74) is 3.01. The van der Waals surface area contributed by atoms with E-state index in [2.05, 4.69) is 32.6 Å². The molecular formula is C24H27N5O2. The van der Waals surface area contributed by atoms with Crippen LogP contribution in [0.25, 0.3) is 11.1 Å². The highest BCUT2D eigenvalue weighted by Gasteiger charge is 2.44. The molecule has 1 fully saturated rings. The molecule has 1 aliphatic rings. The van der Waals surface area contributed by atoms with Crippen molar-refractivity contribution in [3.8, 4) is 11.1 Å². The summed E-state index contributed by atoms with van der Waals surface area (Å²) in [7, 11) is 0. The monoisotopic (exact) mass is 417 g/mol. The summed E-state index contributed by atoms with van der Waals surface area (Å²) in [4.78, 5) is 32.2. The Morgan fingerprint density at radius 3 is 2.68 bits per heavy atom. The molecule has 0 saturated carbocycles. The van der Waals surface area contributed by atoms with Crippen molar-refractivity contribution in [1.29, 1.82) is 0 Å². The van der Waals surface area contributed by atoms with Gasteiger partial charge in [-0.3, -0.25) is 19.7 Å². The number of rotatable bonds is 6. The van der Waals surface area contributed by atoms with E-state index in [0.29, 0.717) is 31.7 Å². The average molecular weight is 418 g/mol. The second-order valence-corrected chi connectivity index (χ2v) is 8.01. The number of H-pyrrole nitrogens is 1. The lowest BCUT2D eigenvalue weighted by atomic mass is 9.73. The fraction of sp³-hybridized carbons (Fsp3) is 0.333. The van der Waals surface area contributed by atoms with Gasteiger partial charge in [-0.1, -0.05) is 24.3 Å². The zero-order valence-corrected chi connectivity index (χ0v) is 17.7. The fourth-order valence-electron chi connectivity index (χ4n) is 4.46. The number of aromatic nitrogens is 3. The van der Waals surface area contributed by atoms with Gasteiger partial charge in [0.1, 0.15) is 5.69 Å². The minimum absolute atomic E-state index is 0.00152. The molecule has 3 aromatic rings. The van der Waals surface area contributed by atoms with Crippen molar-refractivity contribution in [3.63, 3.8) is 0 Å². The molecule has 7 heteroatoms. The highest BCUT2D eigenvalue weighted by Crippen LogP contribution is 2.37. The lowest BCUT2D eigenvalue weighted by Crippen LogP contribution is -2.54. The molecule has 7 nitrogen and oxygen atoms in total. The van der Waals surface area contributed by atoms with Gasteiger partial charge >= 0.3 is 0 Å². The topological polar surface area (TPSA) is 91.0 Å². The van der Waals surface area contributed by atoms with Gasteiger partial charge in [0.25, 0.3) is 5.91 Å². The summed E-state index contributed by atoms with van der Waals surface area (Å²) in [5.74, 6) is -0.116. The van der Waals surface area contributed by atoms with Crippen molar-refractivity contribution in [3.05, 3.63) is 72.3 Å². The molecule has 0 bridgehead atoms. The quantitative estimate of drug-likeness (QED) is 0.645. The van der Waals surface area contributed by atoms with Gasteiger partial charge in [0, 0.05) is 38.2 Å². The zero-order chi connectivity index (χ0) is 21.7. The van der Waals surface area contributed by atoms with E-state index in [1.54, 1.807) is 29.6 Å². The van der Waals surface area contributed by atoms with Crippen LogP contribution in [-0.2, 0) is 11.2 Å². The number of hydrogen-bond acceptors (Lipinski definition) is 4. The van der Waals surface area contributed by atoms with Gasteiger partial charge in [-0.05, 0) is 61.1 Å². The maximum atomic E-state index is 13.3. The first-order valence-corrected chi connectivity index (χ1v) is 10.7. The maximum Gasteiger partial charge on any atom is 0.271 e. The van der Waals surface area contributed by atoms with Crippen LogP contribution in [-0.4, -0.2) is 51.5 Å². The molecule has 1 aromatic carbocycles. The lowest BCUT2D eigenvalue weighted by Gasteiger charge is -2.42. The molecule has 1 saturated heterocycles. The van der Waals surface area contributed by atoms with Gasteiger partial charge < -0.3 is 10.2 Å². The van der Waals surface area contributed by atoms with Crippen molar-refractivity contribution in [2.75, 3.05) is 19.6 Å². The first-order chi connectivity index (χ1) is 15.1. The van der Waals surface area contributed by atoms with Crippen molar-refractivity contribution < 1.29 is 9.59 Å². The minimum atomic E-state index is -0.687. The number of likely N-dealkylation sites (tertiary alicyclic amines) is 1. The zero-order valence-electron chi connectivity index (χ0n) is 17.7. The Balaban J connectivity index is 1.68. The van der Waals surface area contributed by atoms with Crippen LogP contribution in [0.1, 0.15) is 35.8 Å². The minimum Gasteiger partial charge on any atom is -0.356 e. The summed E-state index contributed by atoms with van der Waals surface area (Å²) in [6.45, 7) is 3.49. The van der Waals surface area contributed by atoms with Crippen LogP contribution in [0.3, 0.4) is 0 Å². The van der Waals surface area contributed by atoms with Gasteiger partial charge in [0.2, 0.25) is 5.91 Å². The van der Waals surface area contributed by atoms with Crippen LogP contribution >= 0.6 is 0 Å². The Labute approximate surface area is 181 Å². The van der Waals surface area contributed by atoms with Crippen molar-refractivity contribution in [2.45, 2.75) is 26.2 Å². The molecule has 1 aliphatic heterocycles. The number of carbonyl (C=O) groups is 2. The second-order valence-electron chi connectivity index (χ2n) is 8.01. The molecule has 31 heavy (non-hydrogen) atoms. The third-order valence-electron chi connectivity index (χ3n) is 5.95. The molecule has 2 N–H and O–H groups in total. The van der Waals surface area contributed by atoms with Gasteiger partial charge in [-0.2, -0.15) is 5.10 Å². The van der Waals surface area contributed by atoms with Crippen LogP contribution in [0.4, 0.5) is 0 Å². The first-order valence-electron chi connectivity index (χ1n) is 10.7. The van der Waals surface area contributed by atoms with Crippen molar-refractivity contribution >= 4 is 11.8 Å². The Kier molecular flexibility index (Phi) is 6.11. The second kappa shape index (κ2) is 9.12. The molecule has 160 valence electrons. The Morgan fingerprint density at radius 2 is 1.94 bits per heavy atom. The third kappa shape index (κ3) is 4.35. The largest absolute Gasteiger partial charge is 0.356 e. The fourth-order valence-corrected chi connectivity index (χ4v) is 4.46. The van der Waals surface area contributed by atoms with E-state index in [1.165, 1.54) is 0 Å². The van der Waals surface area contributed by atoms with Crippen LogP contribution in [0.15, 0.2) is 61.1 Å². The summed E-state index contributed by atoms with van der Waals surface area (Å²) in [6, 6.07) is 13.8. The number of carbonyl (C=O) groups excluding carboxylic acids is 2. The molecule has 1 atom stereocenters. The van der Waals surface area contributed by atoms with Crippen molar-refractivity contribution in [1.82, 2.24) is 25.4 Å². The van der Waals surface area contributed by atoms with E-state index >= 15 is 0 Å². The number of nitrogens with zero attached hydrogens (tertiary/aromatic N) is 3. The van der Waals surface area contributed by atoms with Crippen molar-refractivity contribution in [2.24, 2.45) is 5.41 Å². The first kappa shape index (κ1) is 20.8. The van der Waals surface area contributed by atoms with E-state index < -0.39 is 5.41 Å². The van der Waals surface area contributed by atoms with E-state index in [9.17, 15) is 9.59 Å². The van der Waals surface area contributed by atoms with Crippen LogP contribution in [0.5, 0.6) is 0 Å². The predicted molar refractivity (Wildman–Crippen MR) is 118 cm³/mol. The molecule has 0 radical (unpaired) electrons. The third-order valence-corrected chi connectivity index (χ3v) is 5.95. The Morgan fingerprint density at radius 1 is 1.13 bits per heavy atom. The summed E-state index contributed by atoms with van der Waals surface area (Å²) >= 11 is 0. The van der Waals surface area contributed by atoms with E-state index in [4.69, 9.17) is 0 Å². The van der Waals surface area contributed by atoms with Crippen LogP contribution in [0.2, 0.25) is 0 Å². The predicted octanol–water partition coefficient (Wildman–Crippen LogP) is 3.07. The smallest absolute Gasteiger partial charge is 0.271 e. The Bertz CT molecular complexity index is 1040. The number of pyridine rings is 1. The van der Waals surface area contributed by atoms with Crippen LogP contribution < -0.4 is 5.32 Å². The van der Waals surface area contributed by atoms with Gasteiger partial charge in [0.15, 0.2) is 0 Å². The molecule has 4 rings (SSSR count). The Hall–Kier alpha value is -3.48. The lowest BCUT2D eigenvalue weighted by molar-refractivity contribution is -0.133. The number of nitrogens with one attached hydrogen (secondary N) is 2. The highest BCUT2D eigenvalue weighted by molar-refractivity contribution is 5.93. The number of aromatic amines is 1. The van der Waals surface area contributed by atoms with Gasteiger partial charge in [0.05, 0.1) is 5.41 Å². The maximum absolute atomic E-state index is 13.3. The number of hydrogen-bond donors (Lipinski definition) is 2. The average Bonchev–Trinajstić information content (AvgIpc) is 3.35. The SMILES string of the molecule is CCNC(=O)[C@]1(Cc2ccccc2-c2ccncc2)CCCN(C(=O)c2ccn[nH]2)C1. The summed E-state index contributed by atoms with van der Waals surface area (Å²) in [6.07, 6.45) is 7.18. The van der Waals surface area contributed by atoms with Gasteiger partial charge in [-0.25, -0.2) is 0 Å². The number of amides is 2. The summed E-state index contributed by atoms with van der Waals surface area (Å²) in [5, 5.41) is 9.67. The molecule has 3 heterocycles. The molecule has 2 amide bonds. The molecule has 0 aliphatic carbocycles. The van der Waals surface area contributed by atoms with Crippen LogP contribution in [0, 0.1) is 5.41 Å². The normalized spacial score (nSPS) is 18.5. The number of piperidine rings is 1. The highest BCUT2D eigenvalue weighted by atomic mass is 16.2. The van der Waals surface area contributed by atoms with E-state index in [-0.39, 0.29) is 11.8 Å². The standard InChI is InChI=1S/C24H27N5O2/c1-2-26-23(31)24(11-5-15-29(17-24)22(30)21-10-14-27-28-21)16-19-6-3-4-7-20(19)18-8-12-25-13-9-18/h3-4,6-10,12-14H,2,5,11,15-17H2,1H3,(H,26,31)(H,27,28)/t24-/m0/s1. The number of benzene rings is 1. The molecular weight excluding hydrogens is 390 g/mol. The van der Waals surface area contributed by atoms with E-state index in [1.807, 2.05) is 31.2 Å². The summed E-state index contributed by atoms with van der Waals surface area (Å²) < 4.78 is 0.